The lowest BCUT2D eigenvalue weighted by Crippen LogP contribution is -2.39. The van der Waals surface area contributed by atoms with Crippen LogP contribution in [0.15, 0.2) is 0 Å². The van der Waals surface area contributed by atoms with Crippen LogP contribution in [0.4, 0.5) is 0 Å². The second-order valence-corrected chi connectivity index (χ2v) is 5.10. The topological polar surface area (TPSA) is 46.3 Å². The molecule has 0 aliphatic heterocycles. The zero-order valence-corrected chi connectivity index (χ0v) is 10.2. The Morgan fingerprint density at radius 2 is 2.00 bits per heavy atom. The van der Waals surface area contributed by atoms with Gasteiger partial charge in [-0.3, -0.25) is 4.79 Å². The highest BCUT2D eigenvalue weighted by Crippen LogP contribution is 2.30. The van der Waals surface area contributed by atoms with Crippen LogP contribution in [0.1, 0.15) is 46.5 Å². The molecule has 1 unspecified atom stereocenters. The third-order valence-electron chi connectivity index (χ3n) is 2.91. The van der Waals surface area contributed by atoms with Crippen LogP contribution in [0.5, 0.6) is 0 Å². The van der Waals surface area contributed by atoms with Gasteiger partial charge in [-0.05, 0) is 46.0 Å². The molecule has 0 radical (unpaired) electrons. The Bertz CT molecular complexity index is 210. The minimum atomic E-state index is 0.129. The third kappa shape index (κ3) is 4.65. The van der Waals surface area contributed by atoms with Gasteiger partial charge in [-0.2, -0.15) is 0 Å². The Morgan fingerprint density at radius 3 is 2.40 bits per heavy atom. The van der Waals surface area contributed by atoms with E-state index in [1.165, 1.54) is 12.8 Å². The van der Waals surface area contributed by atoms with Crippen molar-refractivity contribution in [3.63, 3.8) is 0 Å². The highest BCUT2D eigenvalue weighted by Gasteiger charge is 2.27. The summed E-state index contributed by atoms with van der Waals surface area (Å²) in [6, 6.07) is 0.454. The Morgan fingerprint density at radius 1 is 1.40 bits per heavy atom. The predicted octanol–water partition coefficient (Wildman–Crippen LogP) is 1.76. The number of carbonyl (C=O) groups is 1. The molecule has 3 nitrogen and oxygen atoms in total. The van der Waals surface area contributed by atoms with Gasteiger partial charge in [0.2, 0.25) is 5.91 Å². The molecule has 1 saturated carbocycles. The van der Waals surface area contributed by atoms with Gasteiger partial charge in [-0.25, -0.2) is 0 Å². The summed E-state index contributed by atoms with van der Waals surface area (Å²) in [6.07, 6.45) is 3.99. The standard InChI is InChI=1S/C12H24N2O/c1-9(2)14(8-11-5-6-11)12(15)7-4-10(3)13/h9-11H,4-8,13H2,1-3H3. The van der Waals surface area contributed by atoms with Gasteiger partial charge in [0.05, 0.1) is 0 Å². The summed E-state index contributed by atoms with van der Waals surface area (Å²) in [7, 11) is 0. The van der Waals surface area contributed by atoms with E-state index in [4.69, 9.17) is 5.73 Å². The minimum absolute atomic E-state index is 0.129. The molecule has 1 atom stereocenters. The van der Waals surface area contributed by atoms with Crippen LogP contribution in [-0.4, -0.2) is 29.4 Å². The highest BCUT2D eigenvalue weighted by molar-refractivity contribution is 5.76. The molecule has 1 aliphatic carbocycles. The van der Waals surface area contributed by atoms with E-state index in [0.717, 1.165) is 18.9 Å². The van der Waals surface area contributed by atoms with E-state index in [1.54, 1.807) is 0 Å². The number of carbonyl (C=O) groups excluding carboxylic acids is 1. The zero-order valence-electron chi connectivity index (χ0n) is 10.2. The number of hydrogen-bond acceptors (Lipinski definition) is 2. The Hall–Kier alpha value is -0.570. The van der Waals surface area contributed by atoms with Crippen LogP contribution in [0.2, 0.25) is 0 Å². The van der Waals surface area contributed by atoms with E-state index in [9.17, 15) is 4.79 Å². The summed E-state index contributed by atoms with van der Waals surface area (Å²) in [5.74, 6) is 1.04. The predicted molar refractivity (Wildman–Crippen MR) is 62.5 cm³/mol. The first kappa shape index (κ1) is 12.5. The summed E-state index contributed by atoms with van der Waals surface area (Å²) in [6.45, 7) is 7.08. The van der Waals surface area contributed by atoms with E-state index in [2.05, 4.69) is 13.8 Å². The van der Waals surface area contributed by atoms with Crippen molar-refractivity contribution in [2.45, 2.75) is 58.5 Å². The smallest absolute Gasteiger partial charge is 0.222 e. The van der Waals surface area contributed by atoms with Gasteiger partial charge in [-0.15, -0.1) is 0 Å². The average molecular weight is 212 g/mol. The first-order chi connectivity index (χ1) is 7.00. The normalized spacial score (nSPS) is 17.9. The van der Waals surface area contributed by atoms with Gasteiger partial charge >= 0.3 is 0 Å². The van der Waals surface area contributed by atoms with Gasteiger partial charge in [0.1, 0.15) is 0 Å². The fraction of sp³-hybridized carbons (Fsp3) is 0.917. The average Bonchev–Trinajstić information content (AvgIpc) is 2.93. The molecular formula is C12H24N2O. The maximum absolute atomic E-state index is 11.9. The molecule has 1 fully saturated rings. The molecule has 88 valence electrons. The largest absolute Gasteiger partial charge is 0.340 e. The molecule has 15 heavy (non-hydrogen) atoms. The van der Waals surface area contributed by atoms with Crippen molar-refractivity contribution in [3.8, 4) is 0 Å². The quantitative estimate of drug-likeness (QED) is 0.729. The molecule has 0 aromatic rings. The monoisotopic (exact) mass is 212 g/mol. The van der Waals surface area contributed by atoms with Crippen LogP contribution in [0.25, 0.3) is 0 Å². The SMILES string of the molecule is CC(N)CCC(=O)N(CC1CC1)C(C)C. The van der Waals surface area contributed by atoms with Gasteiger partial charge < -0.3 is 10.6 Å². The summed E-state index contributed by atoms with van der Waals surface area (Å²) in [4.78, 5) is 13.9. The van der Waals surface area contributed by atoms with Crippen LogP contribution >= 0.6 is 0 Å². The van der Waals surface area contributed by atoms with Crippen molar-refractivity contribution in [2.24, 2.45) is 11.7 Å². The molecule has 0 aromatic carbocycles. The van der Waals surface area contributed by atoms with Crippen molar-refractivity contribution >= 4 is 5.91 Å². The number of hydrogen-bond donors (Lipinski definition) is 1. The van der Waals surface area contributed by atoms with Crippen molar-refractivity contribution in [2.75, 3.05) is 6.54 Å². The van der Waals surface area contributed by atoms with E-state index in [-0.39, 0.29) is 11.9 Å². The van der Waals surface area contributed by atoms with Gasteiger partial charge in [0.15, 0.2) is 0 Å². The fourth-order valence-corrected chi connectivity index (χ4v) is 1.67. The van der Waals surface area contributed by atoms with Crippen molar-refractivity contribution in [3.05, 3.63) is 0 Å². The molecule has 1 rings (SSSR count). The van der Waals surface area contributed by atoms with Crippen LogP contribution in [0.3, 0.4) is 0 Å². The van der Waals surface area contributed by atoms with Gasteiger partial charge in [0, 0.05) is 25.0 Å². The maximum Gasteiger partial charge on any atom is 0.222 e. The van der Waals surface area contributed by atoms with Gasteiger partial charge in [-0.1, -0.05) is 0 Å². The lowest BCUT2D eigenvalue weighted by Gasteiger charge is -2.27. The Labute approximate surface area is 93.0 Å². The second kappa shape index (κ2) is 5.50. The van der Waals surface area contributed by atoms with E-state index in [0.29, 0.717) is 12.5 Å². The highest BCUT2D eigenvalue weighted by atomic mass is 16.2. The number of amides is 1. The lowest BCUT2D eigenvalue weighted by atomic mass is 10.1. The van der Waals surface area contributed by atoms with E-state index < -0.39 is 0 Å². The van der Waals surface area contributed by atoms with Crippen molar-refractivity contribution in [1.29, 1.82) is 0 Å². The summed E-state index contributed by atoms with van der Waals surface area (Å²) < 4.78 is 0. The first-order valence-corrected chi connectivity index (χ1v) is 6.05. The Kier molecular flexibility index (Phi) is 4.58. The van der Waals surface area contributed by atoms with Crippen molar-refractivity contribution in [1.82, 2.24) is 4.90 Å². The summed E-state index contributed by atoms with van der Waals surface area (Å²) in [5, 5.41) is 0. The van der Waals surface area contributed by atoms with Crippen LogP contribution in [0, 0.1) is 5.92 Å². The lowest BCUT2D eigenvalue weighted by molar-refractivity contribution is -0.133. The number of nitrogens with zero attached hydrogens (tertiary/aromatic N) is 1. The molecule has 0 saturated heterocycles. The molecule has 1 amide bonds. The number of rotatable bonds is 6. The van der Waals surface area contributed by atoms with E-state index in [1.807, 2.05) is 11.8 Å². The molecule has 0 spiro atoms. The molecule has 1 aliphatic rings. The molecule has 0 aromatic heterocycles. The van der Waals surface area contributed by atoms with Gasteiger partial charge in [0.25, 0.3) is 0 Å². The summed E-state index contributed by atoms with van der Waals surface area (Å²) >= 11 is 0. The fourth-order valence-electron chi connectivity index (χ4n) is 1.67. The molecular weight excluding hydrogens is 188 g/mol. The molecule has 0 bridgehead atoms. The first-order valence-electron chi connectivity index (χ1n) is 6.05. The summed E-state index contributed by atoms with van der Waals surface area (Å²) in [5.41, 5.74) is 5.66. The zero-order chi connectivity index (χ0) is 11.4. The van der Waals surface area contributed by atoms with Crippen LogP contribution < -0.4 is 5.73 Å². The Balaban J connectivity index is 2.35. The van der Waals surface area contributed by atoms with Crippen LogP contribution in [-0.2, 0) is 4.79 Å². The molecule has 3 heteroatoms. The van der Waals surface area contributed by atoms with Crippen molar-refractivity contribution < 1.29 is 4.79 Å². The molecule has 2 N–H and O–H groups in total. The third-order valence-corrected chi connectivity index (χ3v) is 2.91. The molecule has 0 heterocycles. The minimum Gasteiger partial charge on any atom is -0.340 e. The second-order valence-electron chi connectivity index (χ2n) is 5.10. The number of nitrogens with two attached hydrogens (primary N) is 1. The van der Waals surface area contributed by atoms with E-state index >= 15 is 0 Å². The maximum atomic E-state index is 11.9.